The predicted octanol–water partition coefficient (Wildman–Crippen LogP) is 3.90. The van der Waals surface area contributed by atoms with Gasteiger partial charge in [-0.25, -0.2) is 13.1 Å². The van der Waals surface area contributed by atoms with Gasteiger partial charge in [0.25, 0.3) is 0 Å². The summed E-state index contributed by atoms with van der Waals surface area (Å²) in [6.45, 7) is 7.77. The van der Waals surface area contributed by atoms with E-state index in [-0.39, 0.29) is 5.92 Å². The zero-order valence-corrected chi connectivity index (χ0v) is 15.4. The van der Waals surface area contributed by atoms with Crippen LogP contribution in [0.5, 0.6) is 0 Å². The molecule has 0 aromatic heterocycles. The number of nitrogens with zero attached hydrogens (tertiary/aromatic N) is 4. The van der Waals surface area contributed by atoms with Crippen LogP contribution in [0.2, 0.25) is 0 Å². The Labute approximate surface area is 143 Å². The maximum Gasteiger partial charge on any atom is 0.220 e. The molecule has 1 aliphatic rings. The molecule has 0 bridgehead atoms. The first kappa shape index (κ1) is 18.7. The SMILES string of the molecule is CCCC1(c2ccc(C(C)CNS(=O)(=O)C(C)C)cc2)N=NN=N1. The van der Waals surface area contributed by atoms with E-state index in [0.717, 1.165) is 24.0 Å². The first-order valence-electron chi connectivity index (χ1n) is 8.23. The average Bonchev–Trinajstić information content (AvgIpc) is 3.03. The summed E-state index contributed by atoms with van der Waals surface area (Å²) in [5, 5.41) is 15.3. The van der Waals surface area contributed by atoms with Crippen molar-refractivity contribution in [2.75, 3.05) is 6.54 Å². The minimum absolute atomic E-state index is 0.0709. The minimum atomic E-state index is -3.24. The Hall–Kier alpha value is -1.67. The van der Waals surface area contributed by atoms with Gasteiger partial charge in [0.15, 0.2) is 0 Å². The summed E-state index contributed by atoms with van der Waals surface area (Å²) in [6, 6.07) is 7.93. The van der Waals surface area contributed by atoms with Crippen molar-refractivity contribution in [3.63, 3.8) is 0 Å². The second kappa shape index (κ2) is 7.48. The van der Waals surface area contributed by atoms with E-state index in [1.54, 1.807) is 13.8 Å². The van der Waals surface area contributed by atoms with Gasteiger partial charge in [0.1, 0.15) is 0 Å². The van der Waals surface area contributed by atoms with Crippen molar-refractivity contribution in [1.29, 1.82) is 0 Å². The van der Waals surface area contributed by atoms with Gasteiger partial charge in [-0.3, -0.25) is 0 Å². The summed E-state index contributed by atoms with van der Waals surface area (Å²) in [6.07, 6.45) is 1.68. The molecule has 1 unspecified atom stereocenters. The van der Waals surface area contributed by atoms with E-state index >= 15 is 0 Å². The van der Waals surface area contributed by atoms with Crippen molar-refractivity contribution in [3.05, 3.63) is 35.4 Å². The normalized spacial score (nSPS) is 17.5. The Morgan fingerprint density at radius 1 is 1.08 bits per heavy atom. The molecule has 0 aliphatic carbocycles. The van der Waals surface area contributed by atoms with Crippen LogP contribution in [0.3, 0.4) is 0 Å². The smallest absolute Gasteiger partial charge is 0.214 e. The highest BCUT2D eigenvalue weighted by Gasteiger charge is 2.34. The van der Waals surface area contributed by atoms with Crippen LogP contribution in [0, 0.1) is 0 Å². The predicted molar refractivity (Wildman–Crippen MR) is 93.2 cm³/mol. The van der Waals surface area contributed by atoms with E-state index in [2.05, 4.69) is 32.3 Å². The van der Waals surface area contributed by atoms with Gasteiger partial charge in [0.05, 0.1) is 5.25 Å². The highest BCUT2D eigenvalue weighted by atomic mass is 32.2. The van der Waals surface area contributed by atoms with Gasteiger partial charge in [-0.2, -0.15) is 0 Å². The first-order valence-corrected chi connectivity index (χ1v) is 9.78. The van der Waals surface area contributed by atoms with Crippen LogP contribution in [0.25, 0.3) is 0 Å². The number of benzene rings is 1. The molecule has 2 rings (SSSR count). The third-order valence-corrected chi connectivity index (χ3v) is 6.02. The maximum atomic E-state index is 11.9. The lowest BCUT2D eigenvalue weighted by molar-refractivity contribution is 0.420. The molecule has 1 atom stereocenters. The Morgan fingerprint density at radius 3 is 2.17 bits per heavy atom. The number of hydrogen-bond acceptors (Lipinski definition) is 6. The second-order valence-corrected chi connectivity index (χ2v) is 8.73. The van der Waals surface area contributed by atoms with Crippen molar-refractivity contribution in [1.82, 2.24) is 4.72 Å². The Balaban J connectivity index is 2.09. The van der Waals surface area contributed by atoms with Gasteiger partial charge < -0.3 is 0 Å². The fourth-order valence-corrected chi connectivity index (χ4v) is 3.34. The standard InChI is InChI=1S/C16H25N5O2S/c1-5-10-16(18-20-21-19-16)15-8-6-14(7-9-15)13(4)11-17-24(22,23)12(2)3/h6-9,12-13,17H,5,10-11H2,1-4H3. The lowest BCUT2D eigenvalue weighted by atomic mass is 9.93. The lowest BCUT2D eigenvalue weighted by Crippen LogP contribution is -2.33. The van der Waals surface area contributed by atoms with Crippen molar-refractivity contribution < 1.29 is 8.42 Å². The first-order chi connectivity index (χ1) is 11.3. The zero-order valence-electron chi connectivity index (χ0n) is 14.6. The molecule has 1 aromatic carbocycles. The number of nitrogens with one attached hydrogen (secondary N) is 1. The molecule has 132 valence electrons. The summed E-state index contributed by atoms with van der Waals surface area (Å²) in [5.74, 6) is 0.0709. The van der Waals surface area contributed by atoms with Gasteiger partial charge in [-0.15, -0.1) is 10.2 Å². The van der Waals surface area contributed by atoms with Crippen LogP contribution in [0.1, 0.15) is 57.6 Å². The van der Waals surface area contributed by atoms with Gasteiger partial charge in [0.2, 0.25) is 15.7 Å². The highest BCUT2D eigenvalue weighted by Crippen LogP contribution is 2.37. The fraction of sp³-hybridized carbons (Fsp3) is 0.625. The van der Waals surface area contributed by atoms with E-state index in [1.807, 2.05) is 31.2 Å². The van der Waals surface area contributed by atoms with Crippen LogP contribution >= 0.6 is 0 Å². The van der Waals surface area contributed by atoms with Crippen molar-refractivity contribution in [2.45, 2.75) is 57.4 Å². The van der Waals surface area contributed by atoms with Crippen molar-refractivity contribution in [3.8, 4) is 0 Å². The molecule has 7 nitrogen and oxygen atoms in total. The van der Waals surface area contributed by atoms with E-state index in [0.29, 0.717) is 6.54 Å². The van der Waals surface area contributed by atoms with Crippen LogP contribution in [-0.4, -0.2) is 20.2 Å². The Morgan fingerprint density at radius 2 is 1.67 bits per heavy atom. The van der Waals surface area contributed by atoms with Crippen molar-refractivity contribution >= 4 is 10.0 Å². The Kier molecular flexibility index (Phi) is 5.82. The molecule has 1 aromatic rings. The topological polar surface area (TPSA) is 95.6 Å². The molecular weight excluding hydrogens is 326 g/mol. The second-order valence-electron chi connectivity index (χ2n) is 6.41. The third-order valence-electron chi connectivity index (χ3n) is 4.21. The molecule has 1 heterocycles. The van der Waals surface area contributed by atoms with Gasteiger partial charge in [-0.05, 0) is 35.8 Å². The minimum Gasteiger partial charge on any atom is -0.214 e. The van der Waals surface area contributed by atoms with E-state index in [4.69, 9.17) is 0 Å². The van der Waals surface area contributed by atoms with E-state index < -0.39 is 20.9 Å². The molecule has 0 radical (unpaired) electrons. The molecule has 0 saturated carbocycles. The molecular formula is C16H25N5O2S. The third kappa shape index (κ3) is 4.05. The van der Waals surface area contributed by atoms with Gasteiger partial charge in [-0.1, -0.05) is 44.5 Å². The quantitative estimate of drug-likeness (QED) is 0.768. The van der Waals surface area contributed by atoms with Crippen LogP contribution in [0.15, 0.2) is 44.9 Å². The fourth-order valence-electron chi connectivity index (χ4n) is 2.52. The summed E-state index contributed by atoms with van der Waals surface area (Å²) in [4.78, 5) is 0. The summed E-state index contributed by atoms with van der Waals surface area (Å²) in [7, 11) is -3.24. The summed E-state index contributed by atoms with van der Waals surface area (Å²) < 4.78 is 26.4. The molecule has 1 N–H and O–H groups in total. The molecule has 8 heteroatoms. The number of sulfonamides is 1. The average molecular weight is 351 g/mol. The van der Waals surface area contributed by atoms with E-state index in [1.165, 1.54) is 0 Å². The van der Waals surface area contributed by atoms with E-state index in [9.17, 15) is 8.42 Å². The molecule has 24 heavy (non-hydrogen) atoms. The largest absolute Gasteiger partial charge is 0.220 e. The summed E-state index contributed by atoms with van der Waals surface area (Å²) in [5.41, 5.74) is 1.31. The van der Waals surface area contributed by atoms with Crippen LogP contribution in [-0.2, 0) is 15.7 Å². The van der Waals surface area contributed by atoms with Crippen LogP contribution in [0.4, 0.5) is 0 Å². The molecule has 0 spiro atoms. The molecule has 0 saturated heterocycles. The summed E-state index contributed by atoms with van der Waals surface area (Å²) >= 11 is 0. The monoisotopic (exact) mass is 351 g/mol. The lowest BCUT2D eigenvalue weighted by Gasteiger charge is -2.20. The molecule has 0 fully saturated rings. The maximum absolute atomic E-state index is 11.9. The molecule has 1 aliphatic heterocycles. The molecule has 0 amide bonds. The van der Waals surface area contributed by atoms with Gasteiger partial charge in [0, 0.05) is 18.5 Å². The number of hydrogen-bond donors (Lipinski definition) is 1. The van der Waals surface area contributed by atoms with Crippen LogP contribution < -0.4 is 4.72 Å². The number of rotatable bonds is 8. The van der Waals surface area contributed by atoms with Crippen molar-refractivity contribution in [2.24, 2.45) is 20.7 Å². The van der Waals surface area contributed by atoms with Gasteiger partial charge >= 0.3 is 0 Å². The Bertz CT molecular complexity index is 698. The zero-order chi connectivity index (χ0) is 17.8. The highest BCUT2D eigenvalue weighted by molar-refractivity contribution is 7.90.